The van der Waals surface area contributed by atoms with Gasteiger partial charge in [-0.25, -0.2) is 8.78 Å². The van der Waals surface area contributed by atoms with Crippen molar-refractivity contribution in [3.63, 3.8) is 0 Å². The van der Waals surface area contributed by atoms with Crippen LogP contribution in [0.1, 0.15) is 29.9 Å². The number of hydrogen-bond donors (Lipinski definition) is 1. The lowest BCUT2D eigenvalue weighted by Gasteiger charge is -2.26. The Morgan fingerprint density at radius 2 is 1.81 bits per heavy atom. The third kappa shape index (κ3) is 3.11. The van der Waals surface area contributed by atoms with Gasteiger partial charge in [0.2, 0.25) is 5.88 Å². The van der Waals surface area contributed by atoms with Crippen molar-refractivity contribution < 1.29 is 13.5 Å². The highest BCUT2D eigenvalue weighted by Crippen LogP contribution is 2.48. The monoisotopic (exact) mass is 362 g/mol. The number of hydrogen-bond acceptors (Lipinski definition) is 3. The Morgan fingerprint density at radius 1 is 1.07 bits per heavy atom. The van der Waals surface area contributed by atoms with E-state index in [9.17, 15) is 14.0 Å². The molecule has 0 spiro atoms. The van der Waals surface area contributed by atoms with Crippen LogP contribution in [0.4, 0.5) is 8.78 Å². The second kappa shape index (κ2) is 6.73. The van der Waals surface area contributed by atoms with Crippen LogP contribution < -0.4 is 5.73 Å². The highest BCUT2D eigenvalue weighted by Gasteiger charge is 2.37. The molecule has 0 fully saturated rings. The van der Waals surface area contributed by atoms with Gasteiger partial charge in [-0.05, 0) is 65.5 Å². The third-order valence-electron chi connectivity index (χ3n) is 4.85. The minimum absolute atomic E-state index is 0.0255. The van der Waals surface area contributed by atoms with Gasteiger partial charge in [-0.15, -0.1) is 0 Å². The zero-order valence-electron chi connectivity index (χ0n) is 14.4. The zero-order valence-corrected chi connectivity index (χ0v) is 14.4. The Labute approximate surface area is 155 Å². The highest BCUT2D eigenvalue weighted by molar-refractivity contribution is 5.63. The average molecular weight is 362 g/mol. The second-order valence-corrected chi connectivity index (χ2v) is 6.56. The van der Waals surface area contributed by atoms with Gasteiger partial charge in [-0.2, -0.15) is 5.26 Å². The van der Waals surface area contributed by atoms with Crippen LogP contribution in [0.3, 0.4) is 0 Å². The summed E-state index contributed by atoms with van der Waals surface area (Å²) in [5.41, 5.74) is 9.46. The lowest BCUT2D eigenvalue weighted by atomic mass is 9.83. The Bertz CT molecular complexity index is 1060. The molecule has 0 saturated carbocycles. The fraction of sp³-hybridized carbons (Fsp3) is 0.136. The molecule has 134 valence electrons. The molecule has 0 amide bonds. The minimum atomic E-state index is -0.437. The van der Waals surface area contributed by atoms with Crippen LogP contribution in [0.15, 0.2) is 76.9 Å². The first-order valence-electron chi connectivity index (χ1n) is 8.59. The van der Waals surface area contributed by atoms with Crippen molar-refractivity contribution in [2.75, 3.05) is 0 Å². The van der Waals surface area contributed by atoms with Crippen molar-refractivity contribution in [2.24, 2.45) is 5.73 Å². The number of nitriles is 1. The summed E-state index contributed by atoms with van der Waals surface area (Å²) in [6.07, 6.45) is 3.20. The van der Waals surface area contributed by atoms with Gasteiger partial charge in [0.1, 0.15) is 29.0 Å². The number of allylic oxidation sites excluding steroid dienone is 3. The molecule has 27 heavy (non-hydrogen) atoms. The van der Waals surface area contributed by atoms with Crippen LogP contribution in [0.25, 0.3) is 6.08 Å². The predicted octanol–water partition coefficient (Wildman–Crippen LogP) is 4.90. The van der Waals surface area contributed by atoms with Crippen LogP contribution in [0.2, 0.25) is 0 Å². The molecule has 1 aliphatic heterocycles. The summed E-state index contributed by atoms with van der Waals surface area (Å²) in [6, 6.07) is 14.6. The molecule has 2 aliphatic rings. The molecule has 1 aliphatic carbocycles. The van der Waals surface area contributed by atoms with Gasteiger partial charge in [0.25, 0.3) is 0 Å². The minimum Gasteiger partial charge on any atom is -0.440 e. The van der Waals surface area contributed by atoms with E-state index in [2.05, 4.69) is 6.07 Å². The molecule has 1 atom stereocenters. The standard InChI is InChI=1S/C22H16F2N2O/c23-16-5-1-3-13(10-16)9-15-7-8-18-20(14-4-2-6-17(24)11-14)19(12-25)22(26)27-21(15)18/h1-6,9-11,20H,7-8,26H2/b15-9+/t20-/m1/s1. The summed E-state index contributed by atoms with van der Waals surface area (Å²) in [5.74, 6) is -0.495. The zero-order chi connectivity index (χ0) is 19.0. The van der Waals surface area contributed by atoms with Crippen molar-refractivity contribution in [3.05, 3.63) is 99.7 Å². The van der Waals surface area contributed by atoms with Gasteiger partial charge in [-0.3, -0.25) is 0 Å². The topological polar surface area (TPSA) is 59.0 Å². The quantitative estimate of drug-likeness (QED) is 0.826. The molecule has 5 heteroatoms. The van der Waals surface area contributed by atoms with Crippen molar-refractivity contribution in [2.45, 2.75) is 18.8 Å². The molecule has 0 unspecified atom stereocenters. The average Bonchev–Trinajstić information content (AvgIpc) is 3.02. The van der Waals surface area contributed by atoms with E-state index in [-0.39, 0.29) is 23.1 Å². The molecule has 2 N–H and O–H groups in total. The molecule has 1 heterocycles. The summed E-state index contributed by atoms with van der Waals surface area (Å²) in [4.78, 5) is 0. The van der Waals surface area contributed by atoms with Crippen LogP contribution in [-0.2, 0) is 4.74 Å². The first kappa shape index (κ1) is 17.0. The first-order chi connectivity index (χ1) is 13.1. The molecule has 2 aromatic carbocycles. The maximum atomic E-state index is 13.8. The van der Waals surface area contributed by atoms with Crippen LogP contribution in [0, 0.1) is 23.0 Å². The Morgan fingerprint density at radius 3 is 2.52 bits per heavy atom. The normalized spacial score (nSPS) is 20.5. The van der Waals surface area contributed by atoms with E-state index in [0.717, 1.165) is 16.7 Å². The maximum Gasteiger partial charge on any atom is 0.205 e. The summed E-state index contributed by atoms with van der Waals surface area (Å²) in [6.45, 7) is 0. The summed E-state index contributed by atoms with van der Waals surface area (Å²) in [5, 5.41) is 9.57. The van der Waals surface area contributed by atoms with E-state index in [1.54, 1.807) is 24.3 Å². The number of halogens is 2. The van der Waals surface area contributed by atoms with E-state index < -0.39 is 5.92 Å². The van der Waals surface area contributed by atoms with Gasteiger partial charge in [-0.1, -0.05) is 24.3 Å². The number of benzene rings is 2. The van der Waals surface area contributed by atoms with Crippen LogP contribution >= 0.6 is 0 Å². The van der Waals surface area contributed by atoms with Crippen LogP contribution in [0.5, 0.6) is 0 Å². The number of rotatable bonds is 2. The van der Waals surface area contributed by atoms with Crippen molar-refractivity contribution in [1.29, 1.82) is 5.26 Å². The Kier molecular flexibility index (Phi) is 4.25. The van der Waals surface area contributed by atoms with Crippen molar-refractivity contribution >= 4 is 6.08 Å². The van der Waals surface area contributed by atoms with Crippen molar-refractivity contribution in [3.8, 4) is 6.07 Å². The van der Waals surface area contributed by atoms with E-state index in [1.807, 2.05) is 6.08 Å². The lowest BCUT2D eigenvalue weighted by molar-refractivity contribution is 0.292. The van der Waals surface area contributed by atoms with Gasteiger partial charge >= 0.3 is 0 Å². The van der Waals surface area contributed by atoms with Gasteiger partial charge in [0.15, 0.2) is 0 Å². The smallest absolute Gasteiger partial charge is 0.205 e. The Balaban J connectivity index is 1.81. The SMILES string of the molecule is N#CC1=C(N)OC2=C(CC/C2=C\c2cccc(F)c2)[C@H]1c1cccc(F)c1. The van der Waals surface area contributed by atoms with Crippen LogP contribution in [-0.4, -0.2) is 0 Å². The van der Waals surface area contributed by atoms with E-state index >= 15 is 0 Å². The molecule has 3 nitrogen and oxygen atoms in total. The fourth-order valence-electron chi connectivity index (χ4n) is 3.70. The number of ether oxygens (including phenoxy) is 1. The summed E-state index contributed by atoms with van der Waals surface area (Å²) >= 11 is 0. The Hall–Kier alpha value is -3.39. The van der Waals surface area contributed by atoms with E-state index in [4.69, 9.17) is 10.5 Å². The molecule has 0 radical (unpaired) electrons. The van der Waals surface area contributed by atoms with Crippen molar-refractivity contribution in [1.82, 2.24) is 0 Å². The number of nitrogens with zero attached hydrogens (tertiary/aromatic N) is 1. The summed E-state index contributed by atoms with van der Waals surface area (Å²) < 4.78 is 33.0. The van der Waals surface area contributed by atoms with Gasteiger partial charge in [0, 0.05) is 5.92 Å². The highest BCUT2D eigenvalue weighted by atomic mass is 19.1. The van der Waals surface area contributed by atoms with E-state index in [0.29, 0.717) is 24.2 Å². The predicted molar refractivity (Wildman–Crippen MR) is 97.7 cm³/mol. The molecule has 0 saturated heterocycles. The first-order valence-corrected chi connectivity index (χ1v) is 8.59. The largest absolute Gasteiger partial charge is 0.440 e. The third-order valence-corrected chi connectivity index (χ3v) is 4.85. The van der Waals surface area contributed by atoms with Gasteiger partial charge < -0.3 is 10.5 Å². The molecular formula is C22H16F2N2O. The van der Waals surface area contributed by atoms with E-state index in [1.165, 1.54) is 24.3 Å². The summed E-state index contributed by atoms with van der Waals surface area (Å²) in [7, 11) is 0. The molecular weight excluding hydrogens is 346 g/mol. The molecule has 4 rings (SSSR count). The number of nitrogens with two attached hydrogens (primary N) is 1. The maximum absolute atomic E-state index is 13.8. The lowest BCUT2D eigenvalue weighted by Crippen LogP contribution is -2.19. The second-order valence-electron chi connectivity index (χ2n) is 6.56. The molecule has 2 aromatic rings. The molecule has 0 bridgehead atoms. The van der Waals surface area contributed by atoms with Gasteiger partial charge in [0.05, 0.1) is 0 Å². The fourth-order valence-corrected chi connectivity index (χ4v) is 3.70. The molecule has 0 aromatic heterocycles.